The van der Waals surface area contributed by atoms with Crippen molar-refractivity contribution in [2.75, 3.05) is 6.54 Å². The van der Waals surface area contributed by atoms with Gasteiger partial charge < -0.3 is 5.32 Å². The SMILES string of the molecule is CCCNC(C1CCCCCC1)C1CCc2cccnc21. The fraction of sp³-hybridized carbons (Fsp3) is 0.737. The molecule has 2 nitrogen and oxygen atoms in total. The molecular formula is C19H30N2. The molecule has 0 aromatic carbocycles. The number of nitrogens with zero attached hydrogens (tertiary/aromatic N) is 1. The van der Waals surface area contributed by atoms with Gasteiger partial charge in [0.25, 0.3) is 0 Å². The van der Waals surface area contributed by atoms with E-state index in [-0.39, 0.29) is 0 Å². The molecule has 0 amide bonds. The lowest BCUT2D eigenvalue weighted by Gasteiger charge is -2.32. The van der Waals surface area contributed by atoms with Gasteiger partial charge in [0, 0.05) is 23.9 Å². The van der Waals surface area contributed by atoms with Crippen molar-refractivity contribution in [1.82, 2.24) is 10.3 Å². The Morgan fingerprint density at radius 3 is 2.76 bits per heavy atom. The predicted octanol–water partition coefficient (Wildman–Crippen LogP) is 4.45. The molecule has 0 spiro atoms. The predicted molar refractivity (Wildman–Crippen MR) is 88.6 cm³/mol. The van der Waals surface area contributed by atoms with Gasteiger partial charge in [0.1, 0.15) is 0 Å². The maximum atomic E-state index is 4.75. The minimum absolute atomic E-state index is 0.649. The van der Waals surface area contributed by atoms with E-state index in [1.54, 1.807) is 0 Å². The first-order valence-corrected chi connectivity index (χ1v) is 9.07. The average Bonchev–Trinajstić information content (AvgIpc) is 2.75. The number of aryl methyl sites for hydroxylation is 1. The van der Waals surface area contributed by atoms with Gasteiger partial charge in [-0.1, -0.05) is 38.7 Å². The van der Waals surface area contributed by atoms with Gasteiger partial charge in [-0.15, -0.1) is 0 Å². The van der Waals surface area contributed by atoms with E-state index < -0.39 is 0 Å². The van der Waals surface area contributed by atoms with Crippen molar-refractivity contribution in [1.29, 1.82) is 0 Å². The zero-order chi connectivity index (χ0) is 14.5. The second-order valence-electron chi connectivity index (χ2n) is 6.92. The number of fused-ring (bicyclic) bond motifs is 1. The third kappa shape index (κ3) is 3.48. The van der Waals surface area contributed by atoms with Gasteiger partial charge in [0.15, 0.2) is 0 Å². The summed E-state index contributed by atoms with van der Waals surface area (Å²) < 4.78 is 0. The standard InChI is InChI=1S/C19H30N2/c1-2-13-20-18(15-8-5-3-4-6-9-15)17-12-11-16-10-7-14-21-19(16)17/h7,10,14-15,17-18,20H,2-6,8-9,11-13H2,1H3. The number of rotatable bonds is 5. The molecule has 1 aromatic rings. The lowest BCUT2D eigenvalue weighted by Crippen LogP contribution is -2.41. The average molecular weight is 286 g/mol. The Morgan fingerprint density at radius 2 is 2.00 bits per heavy atom. The van der Waals surface area contributed by atoms with Crippen LogP contribution >= 0.6 is 0 Å². The van der Waals surface area contributed by atoms with E-state index >= 15 is 0 Å². The highest BCUT2D eigenvalue weighted by atomic mass is 14.9. The van der Waals surface area contributed by atoms with Gasteiger partial charge in [-0.05, 0) is 56.2 Å². The summed E-state index contributed by atoms with van der Waals surface area (Å²) in [6, 6.07) is 5.03. The molecule has 2 aliphatic carbocycles. The third-order valence-corrected chi connectivity index (χ3v) is 5.47. The normalized spacial score (nSPS) is 24.5. The minimum Gasteiger partial charge on any atom is -0.313 e. The molecule has 2 atom stereocenters. The van der Waals surface area contributed by atoms with Crippen LogP contribution in [-0.4, -0.2) is 17.6 Å². The van der Waals surface area contributed by atoms with E-state index in [1.807, 2.05) is 6.20 Å². The highest BCUT2D eigenvalue weighted by molar-refractivity contribution is 5.30. The lowest BCUT2D eigenvalue weighted by atomic mass is 9.82. The number of hydrogen-bond acceptors (Lipinski definition) is 2. The fourth-order valence-electron chi connectivity index (χ4n) is 4.41. The zero-order valence-electron chi connectivity index (χ0n) is 13.5. The number of hydrogen-bond donors (Lipinski definition) is 1. The van der Waals surface area contributed by atoms with Gasteiger partial charge in [-0.25, -0.2) is 0 Å². The Balaban J connectivity index is 1.78. The molecule has 2 heteroatoms. The Hall–Kier alpha value is -0.890. The molecule has 1 heterocycles. The molecule has 0 bridgehead atoms. The van der Waals surface area contributed by atoms with Crippen molar-refractivity contribution in [2.45, 2.75) is 76.7 Å². The molecule has 3 rings (SSSR count). The molecule has 1 N–H and O–H groups in total. The van der Waals surface area contributed by atoms with Crippen molar-refractivity contribution in [3.05, 3.63) is 29.6 Å². The highest BCUT2D eigenvalue weighted by Gasteiger charge is 2.35. The van der Waals surface area contributed by atoms with Crippen LogP contribution < -0.4 is 5.32 Å². The van der Waals surface area contributed by atoms with E-state index in [9.17, 15) is 0 Å². The molecule has 0 saturated heterocycles. The number of pyridine rings is 1. The maximum absolute atomic E-state index is 4.75. The molecule has 0 aliphatic heterocycles. The molecule has 2 aliphatic rings. The minimum atomic E-state index is 0.649. The molecule has 2 unspecified atom stereocenters. The van der Waals surface area contributed by atoms with Crippen LogP contribution in [0.4, 0.5) is 0 Å². The van der Waals surface area contributed by atoms with Crippen LogP contribution in [0.1, 0.15) is 75.5 Å². The molecule has 21 heavy (non-hydrogen) atoms. The Labute approximate surface area is 129 Å². The van der Waals surface area contributed by atoms with Crippen molar-refractivity contribution in [3.8, 4) is 0 Å². The Kier molecular flexibility index (Phi) is 5.29. The third-order valence-electron chi connectivity index (χ3n) is 5.47. The van der Waals surface area contributed by atoms with Gasteiger partial charge in [0.05, 0.1) is 0 Å². The van der Waals surface area contributed by atoms with E-state index in [0.29, 0.717) is 12.0 Å². The highest BCUT2D eigenvalue weighted by Crippen LogP contribution is 2.39. The first-order valence-electron chi connectivity index (χ1n) is 9.07. The quantitative estimate of drug-likeness (QED) is 0.809. The van der Waals surface area contributed by atoms with Crippen LogP contribution in [0.15, 0.2) is 18.3 Å². The Morgan fingerprint density at radius 1 is 1.19 bits per heavy atom. The smallest absolute Gasteiger partial charge is 0.0482 e. The second-order valence-corrected chi connectivity index (χ2v) is 6.92. The summed E-state index contributed by atoms with van der Waals surface area (Å²) in [6.07, 6.45) is 14.3. The van der Waals surface area contributed by atoms with Crippen molar-refractivity contribution < 1.29 is 0 Å². The van der Waals surface area contributed by atoms with Crippen LogP contribution in [0, 0.1) is 5.92 Å². The van der Waals surface area contributed by atoms with Crippen LogP contribution in [0.2, 0.25) is 0 Å². The topological polar surface area (TPSA) is 24.9 Å². The van der Waals surface area contributed by atoms with E-state index in [2.05, 4.69) is 24.4 Å². The summed E-state index contributed by atoms with van der Waals surface area (Å²) in [5.41, 5.74) is 2.90. The van der Waals surface area contributed by atoms with Gasteiger partial charge in [-0.2, -0.15) is 0 Å². The summed E-state index contributed by atoms with van der Waals surface area (Å²) in [4.78, 5) is 4.75. The van der Waals surface area contributed by atoms with Crippen LogP contribution in [-0.2, 0) is 6.42 Å². The number of nitrogens with one attached hydrogen (secondary N) is 1. The lowest BCUT2D eigenvalue weighted by molar-refractivity contribution is 0.275. The first-order chi connectivity index (χ1) is 10.4. The second kappa shape index (κ2) is 7.40. The van der Waals surface area contributed by atoms with Gasteiger partial charge in [-0.3, -0.25) is 4.98 Å². The maximum Gasteiger partial charge on any atom is 0.0482 e. The van der Waals surface area contributed by atoms with Crippen molar-refractivity contribution >= 4 is 0 Å². The van der Waals surface area contributed by atoms with Crippen LogP contribution in [0.25, 0.3) is 0 Å². The number of aromatic nitrogens is 1. The summed E-state index contributed by atoms with van der Waals surface area (Å²) >= 11 is 0. The summed E-state index contributed by atoms with van der Waals surface area (Å²) in [7, 11) is 0. The molecule has 1 aromatic heterocycles. The monoisotopic (exact) mass is 286 g/mol. The molecule has 0 radical (unpaired) electrons. The van der Waals surface area contributed by atoms with E-state index in [0.717, 1.165) is 12.5 Å². The zero-order valence-corrected chi connectivity index (χ0v) is 13.5. The summed E-state index contributed by atoms with van der Waals surface area (Å²) in [5, 5.41) is 3.91. The summed E-state index contributed by atoms with van der Waals surface area (Å²) in [6.45, 7) is 3.43. The molecular weight excluding hydrogens is 256 g/mol. The first kappa shape index (κ1) is 15.0. The van der Waals surface area contributed by atoms with Crippen LogP contribution in [0.3, 0.4) is 0 Å². The van der Waals surface area contributed by atoms with Crippen LogP contribution in [0.5, 0.6) is 0 Å². The fourth-order valence-corrected chi connectivity index (χ4v) is 4.41. The van der Waals surface area contributed by atoms with Gasteiger partial charge in [0.2, 0.25) is 0 Å². The Bertz CT molecular complexity index is 435. The van der Waals surface area contributed by atoms with E-state index in [1.165, 1.54) is 69.0 Å². The summed E-state index contributed by atoms with van der Waals surface area (Å²) in [5.74, 6) is 1.51. The van der Waals surface area contributed by atoms with Crippen molar-refractivity contribution in [2.24, 2.45) is 5.92 Å². The van der Waals surface area contributed by atoms with Gasteiger partial charge >= 0.3 is 0 Å². The van der Waals surface area contributed by atoms with Crippen molar-refractivity contribution in [3.63, 3.8) is 0 Å². The largest absolute Gasteiger partial charge is 0.313 e. The van der Waals surface area contributed by atoms with E-state index in [4.69, 9.17) is 4.98 Å². The molecule has 116 valence electrons. The molecule has 1 saturated carbocycles. The molecule has 1 fully saturated rings.